The summed E-state index contributed by atoms with van der Waals surface area (Å²) in [5.41, 5.74) is 1.65. The molecule has 160 valence electrons. The number of carbonyl (C=O) groups is 4. The molecule has 8 nitrogen and oxygen atoms in total. The van der Waals surface area contributed by atoms with Crippen LogP contribution in [0.2, 0.25) is 0 Å². The van der Waals surface area contributed by atoms with Crippen LogP contribution in [-0.4, -0.2) is 53.7 Å². The zero-order valence-electron chi connectivity index (χ0n) is 17.4. The number of piperidine rings is 1. The van der Waals surface area contributed by atoms with Gasteiger partial charge < -0.3 is 10.6 Å². The highest BCUT2D eigenvalue weighted by Crippen LogP contribution is 2.29. The molecule has 0 aromatic heterocycles. The molecule has 4 amide bonds. The van der Waals surface area contributed by atoms with Crippen molar-refractivity contribution in [2.45, 2.75) is 58.2 Å². The van der Waals surface area contributed by atoms with Crippen LogP contribution >= 0.6 is 0 Å². The van der Waals surface area contributed by atoms with E-state index in [1.807, 2.05) is 6.07 Å². The second-order valence-electron chi connectivity index (χ2n) is 9.07. The van der Waals surface area contributed by atoms with Crippen LogP contribution in [0.1, 0.15) is 65.8 Å². The molecule has 2 fully saturated rings. The quantitative estimate of drug-likeness (QED) is 0.601. The molecule has 2 unspecified atom stereocenters. The van der Waals surface area contributed by atoms with Crippen molar-refractivity contribution < 1.29 is 19.2 Å². The minimum atomic E-state index is -0.934. The summed E-state index contributed by atoms with van der Waals surface area (Å²) >= 11 is 0. The number of rotatable bonds is 6. The minimum absolute atomic E-state index is 0.113. The second-order valence-corrected chi connectivity index (χ2v) is 9.07. The summed E-state index contributed by atoms with van der Waals surface area (Å²) in [5, 5.41) is 9.23. The molecule has 3 heterocycles. The van der Waals surface area contributed by atoms with E-state index in [1.165, 1.54) is 12.8 Å². The minimum Gasteiger partial charge on any atom is -0.313 e. The molecule has 1 aromatic rings. The van der Waals surface area contributed by atoms with Gasteiger partial charge in [0.2, 0.25) is 11.8 Å². The van der Waals surface area contributed by atoms with Crippen molar-refractivity contribution in [1.82, 2.24) is 20.9 Å². The van der Waals surface area contributed by atoms with Crippen molar-refractivity contribution in [2.75, 3.05) is 13.1 Å². The summed E-state index contributed by atoms with van der Waals surface area (Å²) in [6.07, 6.45) is 2.67. The Morgan fingerprint density at radius 1 is 1.10 bits per heavy atom. The van der Waals surface area contributed by atoms with Crippen molar-refractivity contribution in [2.24, 2.45) is 5.41 Å². The Morgan fingerprint density at radius 2 is 1.87 bits per heavy atom. The number of nitrogens with one attached hydrogen (secondary N) is 3. The smallest absolute Gasteiger partial charge is 0.262 e. The molecule has 2 atom stereocenters. The second kappa shape index (κ2) is 7.92. The van der Waals surface area contributed by atoms with E-state index in [-0.39, 0.29) is 24.2 Å². The summed E-state index contributed by atoms with van der Waals surface area (Å²) in [5.74, 6) is -1.92. The maximum atomic E-state index is 12.9. The molecule has 4 rings (SSSR count). The maximum absolute atomic E-state index is 12.9. The standard InChI is InChI=1S/C22H28N4O4/c1-22(2,17-4-3-9-24-17)12-23-11-13-5-6-14-15(10-13)21(30)26(20(14)29)16-7-8-18(27)25-19(16)28/h5-6,10,16-17,23-24H,3-4,7-9,11-12H2,1-2H3,(H,25,27,28). The van der Waals surface area contributed by atoms with Gasteiger partial charge in [0.05, 0.1) is 11.1 Å². The number of carbonyl (C=O) groups excluding carboxylic acids is 4. The van der Waals surface area contributed by atoms with Gasteiger partial charge in [-0.3, -0.25) is 29.4 Å². The van der Waals surface area contributed by atoms with E-state index in [0.717, 1.165) is 23.6 Å². The van der Waals surface area contributed by atoms with Gasteiger partial charge in [-0.15, -0.1) is 0 Å². The highest BCUT2D eigenvalue weighted by Gasteiger charge is 2.44. The predicted octanol–water partition coefficient (Wildman–Crippen LogP) is 0.956. The van der Waals surface area contributed by atoms with Crippen LogP contribution in [0.3, 0.4) is 0 Å². The number of hydrogen-bond acceptors (Lipinski definition) is 6. The third-order valence-electron chi connectivity index (χ3n) is 6.42. The van der Waals surface area contributed by atoms with Crippen LogP contribution in [0.25, 0.3) is 0 Å². The number of amides is 4. The number of benzene rings is 1. The summed E-state index contributed by atoms with van der Waals surface area (Å²) in [6, 6.07) is 4.78. The molecule has 0 aliphatic carbocycles. The van der Waals surface area contributed by atoms with Gasteiger partial charge in [0.1, 0.15) is 6.04 Å². The fourth-order valence-corrected chi connectivity index (χ4v) is 4.63. The zero-order chi connectivity index (χ0) is 21.5. The van der Waals surface area contributed by atoms with Crippen molar-refractivity contribution >= 4 is 23.6 Å². The largest absolute Gasteiger partial charge is 0.313 e. The molecule has 0 radical (unpaired) electrons. The molecule has 0 saturated carbocycles. The number of hydrogen-bond donors (Lipinski definition) is 3. The normalized spacial score (nSPS) is 24.4. The molecule has 30 heavy (non-hydrogen) atoms. The lowest BCUT2D eigenvalue weighted by molar-refractivity contribution is -0.136. The van der Waals surface area contributed by atoms with Gasteiger partial charge in [0.15, 0.2) is 0 Å². The van der Waals surface area contributed by atoms with E-state index in [1.54, 1.807) is 12.1 Å². The van der Waals surface area contributed by atoms with Gasteiger partial charge in [-0.1, -0.05) is 19.9 Å². The molecule has 8 heteroatoms. The van der Waals surface area contributed by atoms with Crippen molar-refractivity contribution in [1.29, 1.82) is 0 Å². The third kappa shape index (κ3) is 3.77. The van der Waals surface area contributed by atoms with Crippen molar-refractivity contribution in [3.8, 4) is 0 Å². The maximum Gasteiger partial charge on any atom is 0.262 e. The van der Waals surface area contributed by atoms with E-state index < -0.39 is 23.8 Å². The first kappa shape index (κ1) is 20.7. The fraction of sp³-hybridized carbons (Fsp3) is 0.545. The van der Waals surface area contributed by atoms with Crippen LogP contribution in [0.5, 0.6) is 0 Å². The van der Waals surface area contributed by atoms with E-state index >= 15 is 0 Å². The Labute approximate surface area is 175 Å². The van der Waals surface area contributed by atoms with E-state index in [2.05, 4.69) is 29.8 Å². The first-order valence-corrected chi connectivity index (χ1v) is 10.6. The molecule has 3 aliphatic heterocycles. The molecule has 0 spiro atoms. The Balaban J connectivity index is 1.43. The highest BCUT2D eigenvalue weighted by molar-refractivity contribution is 6.23. The number of fused-ring (bicyclic) bond motifs is 1. The lowest BCUT2D eigenvalue weighted by Crippen LogP contribution is -2.54. The van der Waals surface area contributed by atoms with Crippen molar-refractivity contribution in [3.63, 3.8) is 0 Å². The number of nitrogens with zero attached hydrogens (tertiary/aromatic N) is 1. The first-order chi connectivity index (χ1) is 14.3. The summed E-state index contributed by atoms with van der Waals surface area (Å²) < 4.78 is 0. The summed E-state index contributed by atoms with van der Waals surface area (Å²) in [7, 11) is 0. The lowest BCUT2D eigenvalue weighted by atomic mass is 9.83. The van der Waals surface area contributed by atoms with Crippen LogP contribution in [0, 0.1) is 5.41 Å². The molecule has 3 aliphatic rings. The lowest BCUT2D eigenvalue weighted by Gasteiger charge is -2.32. The Bertz CT molecular complexity index is 904. The van der Waals surface area contributed by atoms with Crippen LogP contribution in [-0.2, 0) is 16.1 Å². The van der Waals surface area contributed by atoms with Gasteiger partial charge >= 0.3 is 0 Å². The summed E-state index contributed by atoms with van der Waals surface area (Å²) in [6.45, 7) is 6.97. The fourth-order valence-electron chi connectivity index (χ4n) is 4.63. The van der Waals surface area contributed by atoms with Gasteiger partial charge in [0, 0.05) is 25.6 Å². The average molecular weight is 412 g/mol. The molecule has 2 saturated heterocycles. The Hall–Kier alpha value is -2.58. The molecular formula is C22H28N4O4. The van der Waals surface area contributed by atoms with Crippen LogP contribution < -0.4 is 16.0 Å². The van der Waals surface area contributed by atoms with Gasteiger partial charge in [-0.25, -0.2) is 0 Å². The molecule has 1 aromatic carbocycles. The van der Waals surface area contributed by atoms with Gasteiger partial charge in [-0.2, -0.15) is 0 Å². The monoisotopic (exact) mass is 412 g/mol. The first-order valence-electron chi connectivity index (χ1n) is 10.6. The number of imide groups is 2. The third-order valence-corrected chi connectivity index (χ3v) is 6.42. The van der Waals surface area contributed by atoms with Crippen LogP contribution in [0.4, 0.5) is 0 Å². The molecular weight excluding hydrogens is 384 g/mol. The van der Waals surface area contributed by atoms with Crippen LogP contribution in [0.15, 0.2) is 18.2 Å². The van der Waals surface area contributed by atoms with Crippen molar-refractivity contribution in [3.05, 3.63) is 34.9 Å². The Kier molecular flexibility index (Phi) is 5.46. The zero-order valence-corrected chi connectivity index (χ0v) is 17.4. The van der Waals surface area contributed by atoms with E-state index in [0.29, 0.717) is 23.7 Å². The summed E-state index contributed by atoms with van der Waals surface area (Å²) in [4.78, 5) is 50.2. The topological polar surface area (TPSA) is 108 Å². The SMILES string of the molecule is CC(C)(CNCc1ccc2c(c1)C(=O)N(C1CCC(=O)NC1=O)C2=O)C1CCCN1. The van der Waals surface area contributed by atoms with Gasteiger partial charge in [0.25, 0.3) is 11.8 Å². The van der Waals surface area contributed by atoms with E-state index in [9.17, 15) is 19.2 Å². The molecule has 3 N–H and O–H groups in total. The van der Waals surface area contributed by atoms with Gasteiger partial charge in [-0.05, 0) is 48.9 Å². The highest BCUT2D eigenvalue weighted by atomic mass is 16.2. The van der Waals surface area contributed by atoms with E-state index in [4.69, 9.17) is 0 Å². The molecule has 0 bridgehead atoms. The Morgan fingerprint density at radius 3 is 2.57 bits per heavy atom. The predicted molar refractivity (Wildman–Crippen MR) is 110 cm³/mol. The average Bonchev–Trinajstić information content (AvgIpc) is 3.32.